The average molecular weight is 277 g/mol. The Morgan fingerprint density at radius 2 is 2.05 bits per heavy atom. The van der Waals surface area contributed by atoms with Crippen molar-refractivity contribution in [2.75, 3.05) is 25.0 Å². The molecule has 0 radical (unpaired) electrons. The molecule has 0 saturated carbocycles. The summed E-state index contributed by atoms with van der Waals surface area (Å²) in [4.78, 5) is 2.18. The van der Waals surface area contributed by atoms with Crippen molar-refractivity contribution >= 4 is 5.69 Å². The van der Waals surface area contributed by atoms with Gasteiger partial charge >= 0.3 is 0 Å². The number of nitrogens with zero attached hydrogens (tertiary/aromatic N) is 4. The molecule has 20 heavy (non-hydrogen) atoms. The van der Waals surface area contributed by atoms with Crippen molar-refractivity contribution in [2.24, 2.45) is 0 Å². The van der Waals surface area contributed by atoms with Crippen molar-refractivity contribution in [2.45, 2.75) is 20.0 Å². The molecule has 0 atom stereocenters. The van der Waals surface area contributed by atoms with Crippen LogP contribution in [0.5, 0.6) is 0 Å². The zero-order valence-electron chi connectivity index (χ0n) is 11.9. The molecule has 0 aliphatic carbocycles. The monoisotopic (exact) mass is 277 g/mol. The molecule has 0 aliphatic heterocycles. The lowest BCUT2D eigenvalue weighted by Crippen LogP contribution is -2.27. The van der Waals surface area contributed by atoms with E-state index in [9.17, 15) is 4.39 Å². The van der Waals surface area contributed by atoms with Crippen molar-refractivity contribution < 1.29 is 4.39 Å². The molecule has 0 amide bonds. The van der Waals surface area contributed by atoms with Crippen LogP contribution < -0.4 is 10.2 Å². The number of aromatic nitrogens is 3. The zero-order valence-corrected chi connectivity index (χ0v) is 11.9. The van der Waals surface area contributed by atoms with E-state index in [1.54, 1.807) is 12.1 Å². The SMILES string of the molecule is CCN(CCn1cc(CNC)nn1)c1ccc(F)cc1. The van der Waals surface area contributed by atoms with Crippen LogP contribution in [0.4, 0.5) is 10.1 Å². The van der Waals surface area contributed by atoms with Gasteiger partial charge in [0.2, 0.25) is 0 Å². The Kier molecular flexibility index (Phi) is 5.06. The van der Waals surface area contributed by atoms with Gasteiger partial charge in [0.1, 0.15) is 5.82 Å². The second-order valence-electron chi connectivity index (χ2n) is 4.56. The molecule has 0 aliphatic rings. The Hall–Kier alpha value is -1.95. The van der Waals surface area contributed by atoms with Crippen LogP contribution in [0.1, 0.15) is 12.6 Å². The molecule has 5 nitrogen and oxygen atoms in total. The second-order valence-corrected chi connectivity index (χ2v) is 4.56. The number of benzene rings is 1. The molecular formula is C14H20FN5. The number of nitrogens with one attached hydrogen (secondary N) is 1. The molecule has 0 fully saturated rings. The van der Waals surface area contributed by atoms with Gasteiger partial charge < -0.3 is 10.2 Å². The third-order valence-electron chi connectivity index (χ3n) is 3.12. The minimum absolute atomic E-state index is 0.210. The molecule has 2 aromatic rings. The van der Waals surface area contributed by atoms with Gasteiger partial charge in [-0.2, -0.15) is 0 Å². The summed E-state index contributed by atoms with van der Waals surface area (Å²) in [6, 6.07) is 6.57. The molecule has 1 N–H and O–H groups in total. The number of anilines is 1. The van der Waals surface area contributed by atoms with Gasteiger partial charge in [0, 0.05) is 31.5 Å². The first-order valence-electron chi connectivity index (χ1n) is 6.77. The Morgan fingerprint density at radius 3 is 2.70 bits per heavy atom. The number of likely N-dealkylation sites (N-methyl/N-ethyl adjacent to an activating group) is 1. The highest BCUT2D eigenvalue weighted by molar-refractivity contribution is 5.45. The van der Waals surface area contributed by atoms with E-state index in [1.807, 2.05) is 17.9 Å². The number of hydrogen-bond donors (Lipinski definition) is 1. The van der Waals surface area contributed by atoms with Gasteiger partial charge in [0.25, 0.3) is 0 Å². The summed E-state index contributed by atoms with van der Waals surface area (Å²) in [5.74, 6) is -0.210. The van der Waals surface area contributed by atoms with Gasteiger partial charge in [-0.25, -0.2) is 4.39 Å². The largest absolute Gasteiger partial charge is 0.370 e. The third kappa shape index (κ3) is 3.77. The van der Waals surface area contributed by atoms with E-state index < -0.39 is 0 Å². The van der Waals surface area contributed by atoms with Crippen LogP contribution in [0.3, 0.4) is 0 Å². The Labute approximate surface area is 118 Å². The van der Waals surface area contributed by atoms with Crippen LogP contribution in [0.25, 0.3) is 0 Å². The fourth-order valence-corrected chi connectivity index (χ4v) is 2.05. The lowest BCUT2D eigenvalue weighted by molar-refractivity contribution is 0.578. The van der Waals surface area contributed by atoms with Gasteiger partial charge in [0.15, 0.2) is 0 Å². The topological polar surface area (TPSA) is 46.0 Å². The summed E-state index contributed by atoms with van der Waals surface area (Å²) >= 11 is 0. The van der Waals surface area contributed by atoms with Crippen LogP contribution in [0.15, 0.2) is 30.5 Å². The fraction of sp³-hybridized carbons (Fsp3) is 0.429. The van der Waals surface area contributed by atoms with Crippen molar-refractivity contribution in [1.82, 2.24) is 20.3 Å². The molecule has 1 aromatic heterocycles. The summed E-state index contributed by atoms with van der Waals surface area (Å²) in [6.45, 7) is 5.22. The van der Waals surface area contributed by atoms with Gasteiger partial charge in [0.05, 0.1) is 12.2 Å². The van der Waals surface area contributed by atoms with Crippen molar-refractivity contribution in [3.05, 3.63) is 42.0 Å². The highest BCUT2D eigenvalue weighted by atomic mass is 19.1. The molecule has 6 heteroatoms. The van der Waals surface area contributed by atoms with Crippen LogP contribution in [-0.4, -0.2) is 35.1 Å². The second kappa shape index (κ2) is 7.00. The molecule has 0 unspecified atom stereocenters. The quantitative estimate of drug-likeness (QED) is 0.836. The van der Waals surface area contributed by atoms with Gasteiger partial charge in [-0.15, -0.1) is 5.10 Å². The zero-order chi connectivity index (χ0) is 14.4. The molecule has 1 aromatic carbocycles. The van der Waals surface area contributed by atoms with E-state index in [4.69, 9.17) is 0 Å². The predicted molar refractivity (Wildman–Crippen MR) is 77.1 cm³/mol. The lowest BCUT2D eigenvalue weighted by Gasteiger charge is -2.22. The summed E-state index contributed by atoms with van der Waals surface area (Å²) in [7, 11) is 1.88. The summed E-state index contributed by atoms with van der Waals surface area (Å²) in [6.07, 6.45) is 1.94. The van der Waals surface area contributed by atoms with E-state index in [1.165, 1.54) is 12.1 Å². The van der Waals surface area contributed by atoms with Crippen molar-refractivity contribution in [3.63, 3.8) is 0 Å². The van der Waals surface area contributed by atoms with Gasteiger partial charge in [-0.3, -0.25) is 4.68 Å². The highest BCUT2D eigenvalue weighted by Gasteiger charge is 2.06. The normalized spacial score (nSPS) is 10.8. The van der Waals surface area contributed by atoms with Crippen LogP contribution in [-0.2, 0) is 13.1 Å². The maximum atomic E-state index is 12.9. The van der Waals surface area contributed by atoms with E-state index >= 15 is 0 Å². The van der Waals surface area contributed by atoms with Crippen LogP contribution in [0, 0.1) is 5.82 Å². The minimum atomic E-state index is -0.210. The van der Waals surface area contributed by atoms with Crippen molar-refractivity contribution in [3.8, 4) is 0 Å². The predicted octanol–water partition coefficient (Wildman–Crippen LogP) is 1.66. The summed E-state index contributed by atoms with van der Waals surface area (Å²) in [5.41, 5.74) is 1.95. The van der Waals surface area contributed by atoms with Gasteiger partial charge in [-0.1, -0.05) is 5.21 Å². The maximum absolute atomic E-state index is 12.9. The molecule has 0 spiro atoms. The van der Waals surface area contributed by atoms with E-state index in [0.29, 0.717) is 0 Å². The van der Waals surface area contributed by atoms with E-state index in [2.05, 4.69) is 27.5 Å². The minimum Gasteiger partial charge on any atom is -0.370 e. The smallest absolute Gasteiger partial charge is 0.123 e. The van der Waals surface area contributed by atoms with E-state index in [-0.39, 0.29) is 5.82 Å². The van der Waals surface area contributed by atoms with Crippen LogP contribution >= 0.6 is 0 Å². The number of hydrogen-bond acceptors (Lipinski definition) is 4. The number of halogens is 1. The summed E-state index contributed by atoms with van der Waals surface area (Å²) in [5, 5.41) is 11.2. The van der Waals surface area contributed by atoms with Crippen molar-refractivity contribution in [1.29, 1.82) is 0 Å². The molecule has 1 heterocycles. The Bertz CT molecular complexity index is 523. The first kappa shape index (κ1) is 14.5. The summed E-state index contributed by atoms with van der Waals surface area (Å²) < 4.78 is 14.8. The van der Waals surface area contributed by atoms with Crippen LogP contribution in [0.2, 0.25) is 0 Å². The molecule has 0 bridgehead atoms. The van der Waals surface area contributed by atoms with Gasteiger partial charge in [-0.05, 0) is 38.2 Å². The lowest BCUT2D eigenvalue weighted by atomic mass is 10.3. The third-order valence-corrected chi connectivity index (χ3v) is 3.12. The first-order valence-corrected chi connectivity index (χ1v) is 6.77. The number of rotatable bonds is 7. The Morgan fingerprint density at radius 1 is 1.30 bits per heavy atom. The molecule has 0 saturated heterocycles. The molecule has 108 valence electrons. The van der Waals surface area contributed by atoms with E-state index in [0.717, 1.165) is 37.6 Å². The molecular weight excluding hydrogens is 257 g/mol. The first-order chi connectivity index (χ1) is 9.72. The average Bonchev–Trinajstić information content (AvgIpc) is 2.89. The fourth-order valence-electron chi connectivity index (χ4n) is 2.05. The standard InChI is InChI=1S/C14H20FN5/c1-3-19(14-6-4-12(15)5-7-14)8-9-20-11-13(10-16-2)17-18-20/h4-7,11,16H,3,8-10H2,1-2H3. The molecule has 2 rings (SSSR count). The highest BCUT2D eigenvalue weighted by Crippen LogP contribution is 2.14. The Balaban J connectivity index is 1.94. The maximum Gasteiger partial charge on any atom is 0.123 e.